The molecule has 1 heterocycles. The molecule has 14 heavy (non-hydrogen) atoms. The van der Waals surface area contributed by atoms with E-state index >= 15 is 0 Å². The van der Waals surface area contributed by atoms with E-state index < -0.39 is 11.8 Å². The molecule has 78 valence electrons. The van der Waals surface area contributed by atoms with E-state index in [1.807, 2.05) is 0 Å². The average Bonchev–Trinajstić information content (AvgIpc) is 2.46. The fraction of sp³-hybridized carbons (Fsp3) is 0.556. The van der Waals surface area contributed by atoms with Crippen LogP contribution in [0.25, 0.3) is 0 Å². The maximum atomic E-state index is 10.9. The van der Waals surface area contributed by atoms with Crippen LogP contribution >= 0.6 is 0 Å². The van der Waals surface area contributed by atoms with Gasteiger partial charge in [-0.3, -0.25) is 4.79 Å². The number of rotatable bonds is 4. The summed E-state index contributed by atoms with van der Waals surface area (Å²) in [5, 5.41) is 2.54. The zero-order valence-corrected chi connectivity index (χ0v) is 8.20. The molecule has 1 aliphatic heterocycles. The van der Waals surface area contributed by atoms with Crippen molar-refractivity contribution in [1.82, 2.24) is 5.32 Å². The summed E-state index contributed by atoms with van der Waals surface area (Å²) in [5.41, 5.74) is 0. The van der Waals surface area contributed by atoms with Crippen LogP contribution < -0.4 is 5.32 Å². The van der Waals surface area contributed by atoms with Gasteiger partial charge in [-0.25, -0.2) is 4.79 Å². The lowest BCUT2D eigenvalue weighted by Crippen LogP contribution is -2.44. The van der Waals surface area contributed by atoms with Crippen molar-refractivity contribution >= 4 is 11.9 Å². The van der Waals surface area contributed by atoms with Crippen molar-refractivity contribution < 1.29 is 19.1 Å². The Morgan fingerprint density at radius 1 is 1.71 bits per heavy atom. The Kier molecular flexibility index (Phi) is 3.24. The van der Waals surface area contributed by atoms with E-state index in [0.29, 0.717) is 6.61 Å². The molecule has 0 spiro atoms. The highest BCUT2D eigenvalue weighted by molar-refractivity contribution is 5.85. The fourth-order valence-corrected chi connectivity index (χ4v) is 1.15. The number of hydrogen-bond donors (Lipinski definition) is 1. The van der Waals surface area contributed by atoms with Gasteiger partial charge in [0.15, 0.2) is 0 Å². The summed E-state index contributed by atoms with van der Waals surface area (Å²) in [4.78, 5) is 21.6. The van der Waals surface area contributed by atoms with Crippen LogP contribution in [-0.2, 0) is 19.1 Å². The first-order valence-corrected chi connectivity index (χ1v) is 4.38. The van der Waals surface area contributed by atoms with Gasteiger partial charge in [-0.15, -0.1) is 0 Å². The maximum Gasteiger partial charge on any atom is 0.333 e. The van der Waals surface area contributed by atoms with Gasteiger partial charge in [0.2, 0.25) is 5.91 Å². The average molecular weight is 199 g/mol. The molecule has 0 radical (unpaired) electrons. The smallest absolute Gasteiger partial charge is 0.333 e. The third kappa shape index (κ3) is 2.56. The molecule has 5 nitrogen and oxygen atoms in total. The van der Waals surface area contributed by atoms with E-state index in [9.17, 15) is 9.59 Å². The van der Waals surface area contributed by atoms with E-state index in [4.69, 9.17) is 9.47 Å². The van der Waals surface area contributed by atoms with Crippen molar-refractivity contribution in [1.29, 1.82) is 0 Å². The Morgan fingerprint density at radius 2 is 2.43 bits per heavy atom. The van der Waals surface area contributed by atoms with Crippen molar-refractivity contribution in [3.8, 4) is 0 Å². The summed E-state index contributed by atoms with van der Waals surface area (Å²) in [6.07, 6.45) is 2.80. The molecule has 0 saturated carbocycles. The lowest BCUT2D eigenvalue weighted by molar-refractivity contribution is -0.194. The molecule has 1 aliphatic rings. The molecular weight excluding hydrogens is 186 g/mol. The van der Waals surface area contributed by atoms with Gasteiger partial charge >= 0.3 is 5.97 Å². The molecule has 0 fully saturated rings. The lowest BCUT2D eigenvalue weighted by atomic mass is 10.2. The van der Waals surface area contributed by atoms with Crippen molar-refractivity contribution in [2.24, 2.45) is 0 Å². The highest BCUT2D eigenvalue weighted by Gasteiger charge is 2.36. The van der Waals surface area contributed by atoms with E-state index in [1.54, 1.807) is 6.92 Å². The van der Waals surface area contributed by atoms with E-state index in [-0.39, 0.29) is 12.5 Å². The van der Waals surface area contributed by atoms with Gasteiger partial charge in [-0.1, -0.05) is 0 Å². The summed E-state index contributed by atoms with van der Waals surface area (Å²) in [7, 11) is 0. The normalized spacial score (nSPS) is 24.9. The fourth-order valence-electron chi connectivity index (χ4n) is 1.15. The number of hydrogen-bond acceptors (Lipinski definition) is 4. The lowest BCUT2D eigenvalue weighted by Gasteiger charge is -2.25. The second-order valence-corrected chi connectivity index (χ2v) is 2.91. The zero-order valence-electron chi connectivity index (χ0n) is 8.20. The molecule has 1 unspecified atom stereocenters. The zero-order chi connectivity index (χ0) is 10.6. The van der Waals surface area contributed by atoms with Gasteiger partial charge < -0.3 is 14.8 Å². The number of esters is 1. The number of ether oxygens (including phenoxy) is 2. The predicted molar refractivity (Wildman–Crippen MR) is 48.3 cm³/mol. The van der Waals surface area contributed by atoms with Crippen molar-refractivity contribution in [2.75, 3.05) is 13.2 Å². The molecule has 1 atom stereocenters. The van der Waals surface area contributed by atoms with Crippen LogP contribution in [0.5, 0.6) is 0 Å². The second kappa shape index (κ2) is 4.23. The second-order valence-electron chi connectivity index (χ2n) is 2.91. The Bertz CT molecular complexity index is 274. The number of amides is 1. The summed E-state index contributed by atoms with van der Waals surface area (Å²) in [6.45, 7) is 3.71. The Labute approximate surface area is 82.1 Å². The van der Waals surface area contributed by atoms with Crippen LogP contribution in [-0.4, -0.2) is 30.8 Å². The summed E-state index contributed by atoms with van der Waals surface area (Å²) in [5.74, 6) is -1.76. The van der Waals surface area contributed by atoms with Crippen molar-refractivity contribution in [3.63, 3.8) is 0 Å². The van der Waals surface area contributed by atoms with Crippen LogP contribution in [0.15, 0.2) is 12.2 Å². The topological polar surface area (TPSA) is 64.6 Å². The first kappa shape index (κ1) is 10.7. The van der Waals surface area contributed by atoms with Crippen LogP contribution in [0.2, 0.25) is 0 Å². The summed E-state index contributed by atoms with van der Waals surface area (Å²) >= 11 is 0. The minimum absolute atomic E-state index is 0.137. The number of nitrogens with one attached hydrogen (secondary N) is 1. The maximum absolute atomic E-state index is 10.9. The molecule has 1 amide bonds. The van der Waals surface area contributed by atoms with Gasteiger partial charge in [-0.05, 0) is 13.0 Å². The first-order valence-electron chi connectivity index (χ1n) is 4.38. The van der Waals surface area contributed by atoms with Crippen LogP contribution in [0.1, 0.15) is 13.8 Å². The molecule has 0 bridgehead atoms. The molecule has 1 N–H and O–H groups in total. The third-order valence-corrected chi connectivity index (χ3v) is 1.72. The molecule has 0 aromatic rings. The highest BCUT2D eigenvalue weighted by atomic mass is 16.7. The molecule has 0 saturated heterocycles. The van der Waals surface area contributed by atoms with Gasteiger partial charge in [0.1, 0.15) is 0 Å². The molecular formula is C9H13NO4. The number of carbonyl (C=O) groups excluding carboxylic acids is 2. The predicted octanol–water partition coefficient (Wildman–Crippen LogP) is -0.0317. The molecule has 1 rings (SSSR count). The van der Waals surface area contributed by atoms with Gasteiger partial charge in [0.25, 0.3) is 5.79 Å². The van der Waals surface area contributed by atoms with Crippen molar-refractivity contribution in [3.05, 3.63) is 12.2 Å². The molecule has 0 aliphatic carbocycles. The van der Waals surface area contributed by atoms with E-state index in [0.717, 1.165) is 0 Å². The van der Waals surface area contributed by atoms with Gasteiger partial charge in [0.05, 0.1) is 6.54 Å². The minimum atomic E-state index is -1.11. The number of cyclic esters (lactones) is 1. The highest BCUT2D eigenvalue weighted by Crippen LogP contribution is 2.20. The largest absolute Gasteiger partial charge is 0.424 e. The van der Waals surface area contributed by atoms with Crippen LogP contribution in [0.3, 0.4) is 0 Å². The Hall–Kier alpha value is -1.36. The Balaban J connectivity index is 2.59. The van der Waals surface area contributed by atoms with Gasteiger partial charge in [0, 0.05) is 19.6 Å². The summed E-state index contributed by atoms with van der Waals surface area (Å²) in [6, 6.07) is 0. The Morgan fingerprint density at radius 3 is 2.86 bits per heavy atom. The van der Waals surface area contributed by atoms with Crippen LogP contribution in [0.4, 0.5) is 0 Å². The minimum Gasteiger partial charge on any atom is -0.424 e. The third-order valence-electron chi connectivity index (χ3n) is 1.72. The number of carbonyl (C=O) groups is 2. The SMILES string of the molecule is CCOC1(CNC(C)=O)C=CC(=O)O1. The van der Waals surface area contributed by atoms with Crippen molar-refractivity contribution in [2.45, 2.75) is 19.6 Å². The van der Waals surface area contributed by atoms with Crippen LogP contribution in [0, 0.1) is 0 Å². The van der Waals surface area contributed by atoms with Gasteiger partial charge in [-0.2, -0.15) is 0 Å². The summed E-state index contributed by atoms with van der Waals surface area (Å²) < 4.78 is 10.2. The van der Waals surface area contributed by atoms with E-state index in [1.165, 1.54) is 19.1 Å². The first-order chi connectivity index (χ1) is 6.58. The quantitative estimate of drug-likeness (QED) is 0.646. The molecule has 0 aromatic heterocycles. The van der Waals surface area contributed by atoms with E-state index in [2.05, 4.69) is 5.32 Å². The molecule has 0 aromatic carbocycles. The molecule has 5 heteroatoms. The standard InChI is InChI=1S/C9H13NO4/c1-3-13-9(6-10-7(2)11)5-4-8(12)14-9/h4-5H,3,6H2,1-2H3,(H,10,11). The monoisotopic (exact) mass is 199 g/mol.